The van der Waals surface area contributed by atoms with Crippen molar-refractivity contribution in [2.45, 2.75) is 68.9 Å². The Bertz CT molecular complexity index is 1810. The average Bonchev–Trinajstić information content (AvgIpc) is 3.45. The smallest absolute Gasteiger partial charge is 0.328 e. The van der Waals surface area contributed by atoms with Crippen molar-refractivity contribution in [3.8, 4) is 22.9 Å². The number of nitrogens with zero attached hydrogens (tertiary/aromatic N) is 7. The number of aryl methyl sites for hydroxylation is 5. The van der Waals surface area contributed by atoms with Crippen LogP contribution in [0.15, 0.2) is 73.2 Å². The minimum absolute atomic E-state index is 0. The Morgan fingerprint density at radius 3 is 1.46 bits per heavy atom. The molecule has 0 atom stereocenters. The van der Waals surface area contributed by atoms with Crippen LogP contribution in [0.1, 0.15) is 56.2 Å². The van der Waals surface area contributed by atoms with Crippen molar-refractivity contribution >= 4 is 0 Å². The molecule has 1 radical (unpaired) electrons. The second kappa shape index (κ2) is 16.3. The SMILES string of the molecule is Cc1ccnc(-c2[c-]ccc(CN)c2)c1.Cc1ccnc(-n2nc(C)c(C)c2C)c1.Cc1ccnc(-n2nc(C)c(C)c2C)c1.[Os+]. The molecule has 6 aromatic rings. The van der Waals surface area contributed by atoms with Crippen molar-refractivity contribution in [3.05, 3.63) is 135 Å². The number of hydrogen-bond acceptors (Lipinski definition) is 6. The van der Waals surface area contributed by atoms with Crippen LogP contribution in [0.3, 0.4) is 0 Å². The normalized spacial score (nSPS) is 10.3. The molecule has 0 fully saturated rings. The zero-order valence-electron chi connectivity index (χ0n) is 28.2. The summed E-state index contributed by atoms with van der Waals surface area (Å²) in [4.78, 5) is 13.0. The van der Waals surface area contributed by atoms with Gasteiger partial charge in [-0.2, -0.15) is 10.2 Å². The average molecular weight is 790 g/mol. The summed E-state index contributed by atoms with van der Waals surface area (Å²) in [6.45, 7) is 19.1. The minimum atomic E-state index is 0. The van der Waals surface area contributed by atoms with Crippen LogP contribution in [0.4, 0.5) is 0 Å². The Balaban J connectivity index is 0.000000186. The van der Waals surface area contributed by atoms with Gasteiger partial charge >= 0.3 is 19.8 Å². The molecule has 0 unspecified atom stereocenters. The van der Waals surface area contributed by atoms with Crippen molar-refractivity contribution in [1.29, 1.82) is 0 Å². The van der Waals surface area contributed by atoms with E-state index in [4.69, 9.17) is 5.73 Å². The summed E-state index contributed by atoms with van der Waals surface area (Å²) in [7, 11) is 0. The third kappa shape index (κ3) is 8.90. The molecular weight excluding hydrogens is 747 g/mol. The zero-order valence-corrected chi connectivity index (χ0v) is 30.7. The number of nitrogens with two attached hydrogens (primary N) is 1. The van der Waals surface area contributed by atoms with Gasteiger partial charge in [-0.25, -0.2) is 19.3 Å². The number of benzene rings is 1. The zero-order chi connectivity index (χ0) is 32.7. The summed E-state index contributed by atoms with van der Waals surface area (Å²) in [5, 5.41) is 8.95. The van der Waals surface area contributed by atoms with Crippen LogP contribution in [0.5, 0.6) is 0 Å². The molecule has 0 saturated carbocycles. The van der Waals surface area contributed by atoms with Gasteiger partial charge in [-0.15, -0.1) is 35.4 Å². The molecular formula is C37H43N8Os. The van der Waals surface area contributed by atoms with E-state index in [0.29, 0.717) is 6.54 Å². The first-order valence-corrected chi connectivity index (χ1v) is 15.0. The Hall–Kier alpha value is -4.31. The van der Waals surface area contributed by atoms with Crippen LogP contribution >= 0.6 is 0 Å². The maximum absolute atomic E-state index is 5.59. The first-order valence-electron chi connectivity index (χ1n) is 15.0. The molecule has 0 amide bonds. The maximum Gasteiger partial charge on any atom is 1.00 e. The van der Waals surface area contributed by atoms with Crippen molar-refractivity contribution in [1.82, 2.24) is 34.5 Å². The van der Waals surface area contributed by atoms with Crippen LogP contribution < -0.4 is 5.73 Å². The van der Waals surface area contributed by atoms with Gasteiger partial charge in [0.15, 0.2) is 11.6 Å². The quantitative estimate of drug-likeness (QED) is 0.188. The molecule has 1 aromatic carbocycles. The largest absolute Gasteiger partial charge is 1.00 e. The van der Waals surface area contributed by atoms with Crippen LogP contribution in [-0.2, 0) is 26.3 Å². The Morgan fingerprint density at radius 2 is 1.07 bits per heavy atom. The van der Waals surface area contributed by atoms with E-state index in [1.165, 1.54) is 27.8 Å². The predicted molar refractivity (Wildman–Crippen MR) is 182 cm³/mol. The van der Waals surface area contributed by atoms with E-state index in [0.717, 1.165) is 51.2 Å². The number of rotatable bonds is 4. The van der Waals surface area contributed by atoms with Crippen LogP contribution in [0.25, 0.3) is 22.9 Å². The minimum Gasteiger partial charge on any atom is -0.328 e. The molecule has 8 nitrogen and oxygen atoms in total. The molecule has 2 N–H and O–H groups in total. The molecule has 5 heterocycles. The molecule has 6 rings (SSSR count). The fourth-order valence-electron chi connectivity index (χ4n) is 4.63. The number of aromatic nitrogens is 7. The van der Waals surface area contributed by atoms with Crippen molar-refractivity contribution in [2.24, 2.45) is 5.73 Å². The first-order chi connectivity index (χ1) is 21.5. The molecule has 9 heteroatoms. The summed E-state index contributed by atoms with van der Waals surface area (Å²) >= 11 is 0. The van der Waals surface area contributed by atoms with Gasteiger partial charge in [0.1, 0.15) is 0 Å². The van der Waals surface area contributed by atoms with Gasteiger partial charge in [-0.1, -0.05) is 11.6 Å². The van der Waals surface area contributed by atoms with Crippen molar-refractivity contribution < 1.29 is 19.8 Å². The van der Waals surface area contributed by atoms with E-state index in [1.807, 2.05) is 96.4 Å². The van der Waals surface area contributed by atoms with E-state index in [9.17, 15) is 0 Å². The van der Waals surface area contributed by atoms with E-state index >= 15 is 0 Å². The van der Waals surface area contributed by atoms with E-state index in [-0.39, 0.29) is 19.8 Å². The van der Waals surface area contributed by atoms with E-state index < -0.39 is 0 Å². The molecule has 0 aliphatic carbocycles. The fourth-order valence-corrected chi connectivity index (χ4v) is 4.63. The summed E-state index contributed by atoms with van der Waals surface area (Å²) in [5.41, 5.74) is 19.2. The first kappa shape index (κ1) is 36.2. The molecule has 0 aliphatic heterocycles. The summed E-state index contributed by atoms with van der Waals surface area (Å²) in [6, 6.07) is 21.1. The standard InChI is InChI=1S/C13H13N2.2C12H15N3.Os/c1-10-5-6-15-13(7-10)12-4-2-3-11(8-12)9-14;2*1-8-5-6-13-12(7-8)15-11(4)9(2)10(3)14-15;/h2-3,5-8H,9,14H2,1H3;2*5-7H,1-4H3;/q-1;;;+1. The van der Waals surface area contributed by atoms with Gasteiger partial charge in [-0.3, -0.25) is 0 Å². The molecule has 46 heavy (non-hydrogen) atoms. The van der Waals surface area contributed by atoms with Gasteiger partial charge < -0.3 is 10.7 Å². The Morgan fingerprint density at radius 1 is 0.609 bits per heavy atom. The molecule has 5 aromatic heterocycles. The number of hydrogen-bond donors (Lipinski definition) is 1. The number of pyridine rings is 3. The van der Waals surface area contributed by atoms with Crippen LogP contribution in [0, 0.1) is 68.4 Å². The topological polar surface area (TPSA) is 100 Å². The maximum atomic E-state index is 5.59. The van der Waals surface area contributed by atoms with Gasteiger partial charge in [0.2, 0.25) is 0 Å². The monoisotopic (exact) mass is 791 g/mol. The molecule has 0 spiro atoms. The van der Waals surface area contributed by atoms with Crippen molar-refractivity contribution in [2.75, 3.05) is 0 Å². The van der Waals surface area contributed by atoms with Crippen LogP contribution in [0.2, 0.25) is 0 Å². The van der Waals surface area contributed by atoms with E-state index in [1.54, 1.807) is 0 Å². The molecule has 0 aliphatic rings. The summed E-state index contributed by atoms with van der Waals surface area (Å²) in [5.74, 6) is 1.78. The molecule has 0 saturated heterocycles. The van der Waals surface area contributed by atoms with Gasteiger partial charge in [0, 0.05) is 36.5 Å². The predicted octanol–water partition coefficient (Wildman–Crippen LogP) is 7.32. The second-order valence-electron chi connectivity index (χ2n) is 11.3. The Labute approximate surface area is 286 Å². The summed E-state index contributed by atoms with van der Waals surface area (Å²) < 4.78 is 3.80. The van der Waals surface area contributed by atoms with Gasteiger partial charge in [0.25, 0.3) is 0 Å². The van der Waals surface area contributed by atoms with Gasteiger partial charge in [0.05, 0.1) is 11.4 Å². The Kier molecular flexibility index (Phi) is 12.8. The summed E-state index contributed by atoms with van der Waals surface area (Å²) in [6.07, 6.45) is 5.44. The van der Waals surface area contributed by atoms with Crippen LogP contribution in [-0.4, -0.2) is 34.5 Å². The second-order valence-corrected chi connectivity index (χ2v) is 11.3. The molecule has 0 bridgehead atoms. The fraction of sp³-hybridized carbons (Fsp3) is 0.270. The van der Waals surface area contributed by atoms with E-state index in [2.05, 4.69) is 79.7 Å². The van der Waals surface area contributed by atoms with Gasteiger partial charge in [-0.05, 0) is 121 Å². The third-order valence-corrected chi connectivity index (χ3v) is 7.84. The molecule has 239 valence electrons. The third-order valence-electron chi connectivity index (χ3n) is 7.84. The van der Waals surface area contributed by atoms with Crippen molar-refractivity contribution in [3.63, 3.8) is 0 Å².